The van der Waals surface area contributed by atoms with Crippen LogP contribution in [0.2, 0.25) is 0 Å². The second kappa shape index (κ2) is 5.90. The van der Waals surface area contributed by atoms with E-state index in [1.807, 2.05) is 32.0 Å². The van der Waals surface area contributed by atoms with Crippen LogP contribution in [0.1, 0.15) is 25.1 Å². The third-order valence-corrected chi connectivity index (χ3v) is 5.20. The van der Waals surface area contributed by atoms with E-state index in [1.165, 1.54) is 0 Å². The predicted molar refractivity (Wildman–Crippen MR) is 100 cm³/mol. The first kappa shape index (κ1) is 16.5. The van der Waals surface area contributed by atoms with Gasteiger partial charge in [0, 0.05) is 24.2 Å². The number of ether oxygens (including phenoxy) is 2. The number of aromatic nitrogens is 3. The van der Waals surface area contributed by atoms with Crippen LogP contribution in [-0.4, -0.2) is 41.4 Å². The molecular weight excluding hydrogens is 346 g/mol. The lowest BCUT2D eigenvalue weighted by Crippen LogP contribution is -2.37. The highest BCUT2D eigenvalue weighted by Gasteiger charge is 2.37. The fraction of sp³-hybridized carbons (Fsp3) is 0.421. The molecule has 0 atom stereocenters. The van der Waals surface area contributed by atoms with Crippen LogP contribution in [0.5, 0.6) is 0 Å². The number of fused-ring (bicyclic) bond motifs is 2. The van der Waals surface area contributed by atoms with Gasteiger partial charge in [0.1, 0.15) is 11.4 Å². The zero-order chi connectivity index (χ0) is 18.6. The number of nitrogen functional groups attached to an aromatic ring is 1. The lowest BCUT2D eigenvalue weighted by Gasteiger charge is -2.29. The molecule has 2 aromatic heterocycles. The van der Waals surface area contributed by atoms with Gasteiger partial charge in [0.15, 0.2) is 17.2 Å². The molecule has 2 aliphatic rings. The molecule has 3 aromatic rings. The summed E-state index contributed by atoms with van der Waals surface area (Å²) in [4.78, 5) is 12.0. The fourth-order valence-corrected chi connectivity index (χ4v) is 3.69. The Morgan fingerprint density at radius 1 is 1.15 bits per heavy atom. The summed E-state index contributed by atoms with van der Waals surface area (Å²) in [5.41, 5.74) is 8.99. The molecule has 1 fully saturated rings. The zero-order valence-electron chi connectivity index (χ0n) is 15.4. The molecule has 1 aromatic carbocycles. The summed E-state index contributed by atoms with van der Waals surface area (Å²) in [6.45, 7) is 7.61. The first-order valence-electron chi connectivity index (χ1n) is 9.06. The van der Waals surface area contributed by atoms with Crippen LogP contribution in [-0.2, 0) is 21.7 Å². The van der Waals surface area contributed by atoms with Crippen molar-refractivity contribution in [2.24, 2.45) is 0 Å². The zero-order valence-corrected chi connectivity index (χ0v) is 15.4. The Morgan fingerprint density at radius 2 is 1.96 bits per heavy atom. The second-order valence-electron chi connectivity index (χ2n) is 7.38. The average Bonchev–Trinajstić information content (AvgIpc) is 3.21. The second-order valence-corrected chi connectivity index (χ2v) is 7.38. The number of rotatable bonds is 2. The van der Waals surface area contributed by atoms with E-state index in [2.05, 4.69) is 10.1 Å². The number of anilines is 2. The maximum atomic E-state index is 6.00. The minimum atomic E-state index is -0.450. The monoisotopic (exact) mass is 367 g/mol. The van der Waals surface area contributed by atoms with Crippen LogP contribution < -0.4 is 10.6 Å². The van der Waals surface area contributed by atoms with Gasteiger partial charge < -0.3 is 24.6 Å². The minimum Gasteiger partial charge on any atom is -0.380 e. The third-order valence-electron chi connectivity index (χ3n) is 5.20. The van der Waals surface area contributed by atoms with Crippen molar-refractivity contribution in [1.29, 1.82) is 0 Å². The lowest BCUT2D eigenvalue weighted by molar-refractivity contribution is -0.0100. The van der Waals surface area contributed by atoms with Gasteiger partial charge in [0.25, 0.3) is 0 Å². The van der Waals surface area contributed by atoms with E-state index >= 15 is 0 Å². The average molecular weight is 367 g/mol. The summed E-state index contributed by atoms with van der Waals surface area (Å²) in [6, 6.07) is 5.70. The highest BCUT2D eigenvalue weighted by molar-refractivity contribution is 5.90. The van der Waals surface area contributed by atoms with Crippen molar-refractivity contribution in [3.63, 3.8) is 0 Å². The van der Waals surface area contributed by atoms with Crippen molar-refractivity contribution >= 4 is 22.6 Å². The standard InChI is InChI=1S/C19H21N5O3/c1-19(2)15-13(10-26-19)18(24-5-7-25-8-6-24)22-17(21-15)11-3-4-14-12(9-11)16(20)23-27-14/h3-4,9H,5-8,10H2,1-2H3,(H2,20,23). The molecule has 4 heterocycles. The third kappa shape index (κ3) is 2.64. The molecule has 1 saturated heterocycles. The fourth-order valence-electron chi connectivity index (χ4n) is 3.69. The van der Waals surface area contributed by atoms with Crippen LogP contribution >= 0.6 is 0 Å². The Hall–Kier alpha value is -2.71. The first-order valence-corrected chi connectivity index (χ1v) is 9.06. The van der Waals surface area contributed by atoms with Gasteiger partial charge in [-0.2, -0.15) is 0 Å². The van der Waals surface area contributed by atoms with Crippen LogP contribution in [0.3, 0.4) is 0 Å². The summed E-state index contributed by atoms with van der Waals surface area (Å²) >= 11 is 0. The Bertz CT molecular complexity index is 1020. The molecule has 0 radical (unpaired) electrons. The smallest absolute Gasteiger partial charge is 0.174 e. The molecule has 140 valence electrons. The van der Waals surface area contributed by atoms with E-state index in [0.29, 0.717) is 37.0 Å². The number of hydrogen-bond acceptors (Lipinski definition) is 8. The molecule has 27 heavy (non-hydrogen) atoms. The maximum Gasteiger partial charge on any atom is 0.174 e. The predicted octanol–water partition coefficient (Wildman–Crippen LogP) is 2.47. The van der Waals surface area contributed by atoms with Gasteiger partial charge in [0.2, 0.25) is 0 Å². The molecule has 8 nitrogen and oxygen atoms in total. The molecule has 0 unspecified atom stereocenters. The van der Waals surface area contributed by atoms with Crippen LogP contribution in [0.25, 0.3) is 22.4 Å². The minimum absolute atomic E-state index is 0.366. The number of nitrogens with two attached hydrogens (primary N) is 1. The molecule has 5 rings (SSSR count). The van der Waals surface area contributed by atoms with Crippen LogP contribution in [0, 0.1) is 0 Å². The van der Waals surface area contributed by atoms with Gasteiger partial charge in [-0.1, -0.05) is 5.16 Å². The lowest BCUT2D eigenvalue weighted by atomic mass is 10.0. The van der Waals surface area contributed by atoms with E-state index in [0.717, 1.165) is 41.1 Å². The molecular formula is C19H21N5O3. The van der Waals surface area contributed by atoms with E-state index in [1.54, 1.807) is 0 Å². The molecule has 0 aliphatic carbocycles. The summed E-state index contributed by atoms with van der Waals surface area (Å²) in [7, 11) is 0. The molecule has 2 N–H and O–H groups in total. The van der Waals surface area contributed by atoms with Gasteiger partial charge in [-0.3, -0.25) is 0 Å². The van der Waals surface area contributed by atoms with E-state index in [9.17, 15) is 0 Å². The van der Waals surface area contributed by atoms with E-state index < -0.39 is 5.60 Å². The molecule has 0 amide bonds. The van der Waals surface area contributed by atoms with Crippen molar-refractivity contribution < 1.29 is 14.0 Å². The van der Waals surface area contributed by atoms with Crippen molar-refractivity contribution in [2.75, 3.05) is 36.9 Å². The Labute approximate surface area is 156 Å². The van der Waals surface area contributed by atoms with Gasteiger partial charge in [-0.25, -0.2) is 9.97 Å². The number of nitrogens with zero attached hydrogens (tertiary/aromatic N) is 4. The van der Waals surface area contributed by atoms with Crippen molar-refractivity contribution in [3.8, 4) is 11.4 Å². The highest BCUT2D eigenvalue weighted by Crippen LogP contribution is 2.40. The van der Waals surface area contributed by atoms with Gasteiger partial charge in [-0.15, -0.1) is 0 Å². The molecule has 0 bridgehead atoms. The summed E-state index contributed by atoms with van der Waals surface area (Å²) < 4.78 is 16.7. The quantitative estimate of drug-likeness (QED) is 0.737. The Kier molecular flexibility index (Phi) is 3.60. The van der Waals surface area contributed by atoms with Crippen molar-refractivity contribution in [3.05, 3.63) is 29.5 Å². The van der Waals surface area contributed by atoms with E-state index in [4.69, 9.17) is 29.7 Å². The largest absolute Gasteiger partial charge is 0.380 e. The van der Waals surface area contributed by atoms with Gasteiger partial charge in [0.05, 0.1) is 30.9 Å². The SMILES string of the molecule is CC1(C)OCc2c(N3CCOCC3)nc(-c3ccc4onc(N)c4c3)nc21. The van der Waals surface area contributed by atoms with Crippen molar-refractivity contribution in [2.45, 2.75) is 26.1 Å². The van der Waals surface area contributed by atoms with Crippen LogP contribution in [0.15, 0.2) is 22.7 Å². The van der Waals surface area contributed by atoms with E-state index in [-0.39, 0.29) is 0 Å². The Morgan fingerprint density at radius 3 is 2.78 bits per heavy atom. The van der Waals surface area contributed by atoms with Crippen molar-refractivity contribution in [1.82, 2.24) is 15.1 Å². The summed E-state index contributed by atoms with van der Waals surface area (Å²) in [6.07, 6.45) is 0. The molecule has 0 saturated carbocycles. The summed E-state index contributed by atoms with van der Waals surface area (Å²) in [5, 5.41) is 4.59. The number of morpholine rings is 1. The highest BCUT2D eigenvalue weighted by atomic mass is 16.5. The van der Waals surface area contributed by atoms with Gasteiger partial charge in [-0.05, 0) is 32.0 Å². The number of hydrogen-bond donors (Lipinski definition) is 1. The molecule has 2 aliphatic heterocycles. The maximum absolute atomic E-state index is 6.00. The molecule has 8 heteroatoms. The Balaban J connectivity index is 1.68. The topological polar surface area (TPSA) is 99.5 Å². The molecule has 0 spiro atoms. The van der Waals surface area contributed by atoms with Gasteiger partial charge >= 0.3 is 0 Å². The van der Waals surface area contributed by atoms with Crippen LogP contribution in [0.4, 0.5) is 11.6 Å². The summed E-state index contributed by atoms with van der Waals surface area (Å²) in [5.74, 6) is 1.95. The normalized spacial score (nSPS) is 18.8. The number of benzene rings is 1. The first-order chi connectivity index (χ1) is 13.0.